The Kier molecular flexibility index (Phi) is 6.14. The normalized spacial score (nSPS) is 15.9. The smallest absolute Gasteiger partial charge is 0.254 e. The van der Waals surface area contributed by atoms with Crippen molar-refractivity contribution >= 4 is 11.8 Å². The summed E-state index contributed by atoms with van der Waals surface area (Å²) in [7, 11) is 0. The van der Waals surface area contributed by atoms with Crippen molar-refractivity contribution in [3.63, 3.8) is 0 Å². The van der Waals surface area contributed by atoms with E-state index in [1.165, 1.54) is 0 Å². The maximum Gasteiger partial charge on any atom is 0.254 e. The number of nitrogens with one attached hydrogen (secondary N) is 1. The first-order valence-corrected chi connectivity index (χ1v) is 9.58. The van der Waals surface area contributed by atoms with Crippen LogP contribution in [0.2, 0.25) is 0 Å². The lowest BCUT2D eigenvalue weighted by molar-refractivity contribution is 0.0303. The van der Waals surface area contributed by atoms with Crippen molar-refractivity contribution in [2.24, 2.45) is 5.41 Å². The minimum absolute atomic E-state index is 0.0251. The number of benzene rings is 1. The van der Waals surface area contributed by atoms with Crippen LogP contribution in [-0.2, 0) is 11.3 Å². The van der Waals surface area contributed by atoms with Gasteiger partial charge in [0.25, 0.3) is 11.8 Å². The number of aromatic nitrogens is 2. The molecule has 7 nitrogen and oxygen atoms in total. The zero-order chi connectivity index (χ0) is 20.1. The highest BCUT2D eigenvalue weighted by atomic mass is 16.5. The van der Waals surface area contributed by atoms with E-state index in [1.54, 1.807) is 41.7 Å². The summed E-state index contributed by atoms with van der Waals surface area (Å²) in [6.07, 6.45) is 5.36. The summed E-state index contributed by atoms with van der Waals surface area (Å²) >= 11 is 0. The van der Waals surface area contributed by atoms with E-state index in [-0.39, 0.29) is 23.3 Å². The summed E-state index contributed by atoms with van der Waals surface area (Å²) in [5, 5.41) is 3.12. The third kappa shape index (κ3) is 4.98. The summed E-state index contributed by atoms with van der Waals surface area (Å²) in [6, 6.07) is 6.78. The van der Waals surface area contributed by atoms with Gasteiger partial charge in [-0.3, -0.25) is 9.59 Å². The van der Waals surface area contributed by atoms with Crippen LogP contribution in [0.1, 0.15) is 41.5 Å². The topological polar surface area (TPSA) is 76.5 Å². The monoisotopic (exact) mass is 384 g/mol. The molecule has 1 atom stereocenters. The van der Waals surface area contributed by atoms with Gasteiger partial charge in [0.1, 0.15) is 0 Å². The minimum atomic E-state index is -0.148. The van der Waals surface area contributed by atoms with Gasteiger partial charge in [-0.15, -0.1) is 0 Å². The van der Waals surface area contributed by atoms with E-state index in [2.05, 4.69) is 31.1 Å². The number of imidazole rings is 1. The molecule has 2 amide bonds. The second-order valence-electron chi connectivity index (χ2n) is 8.13. The SMILES string of the molecule is CC(C)(C)[C@@H](Cn1ccnc1)NC(=O)c1ccc(C(=O)N2CCOCC2)cc1. The van der Waals surface area contributed by atoms with E-state index in [1.807, 2.05) is 10.8 Å². The second kappa shape index (κ2) is 8.56. The molecule has 0 radical (unpaired) electrons. The van der Waals surface area contributed by atoms with Crippen LogP contribution < -0.4 is 5.32 Å². The Morgan fingerprint density at radius 2 is 1.79 bits per heavy atom. The lowest BCUT2D eigenvalue weighted by atomic mass is 9.86. The number of carbonyl (C=O) groups excluding carboxylic acids is 2. The van der Waals surface area contributed by atoms with Crippen molar-refractivity contribution in [2.75, 3.05) is 26.3 Å². The van der Waals surface area contributed by atoms with Crippen LogP contribution in [0.15, 0.2) is 43.0 Å². The number of hydrogen-bond acceptors (Lipinski definition) is 4. The molecule has 1 aromatic heterocycles. The van der Waals surface area contributed by atoms with Crippen molar-refractivity contribution in [2.45, 2.75) is 33.4 Å². The molecule has 7 heteroatoms. The van der Waals surface area contributed by atoms with Crippen molar-refractivity contribution in [3.05, 3.63) is 54.1 Å². The van der Waals surface area contributed by atoms with Gasteiger partial charge in [-0.2, -0.15) is 0 Å². The fourth-order valence-corrected chi connectivity index (χ4v) is 3.10. The average molecular weight is 384 g/mol. The van der Waals surface area contributed by atoms with Crippen molar-refractivity contribution in [1.29, 1.82) is 0 Å². The molecular weight excluding hydrogens is 356 g/mol. The Morgan fingerprint density at radius 1 is 1.14 bits per heavy atom. The lowest BCUT2D eigenvalue weighted by Crippen LogP contribution is -2.46. The average Bonchev–Trinajstić information content (AvgIpc) is 3.20. The molecule has 150 valence electrons. The van der Waals surface area contributed by atoms with E-state index < -0.39 is 0 Å². The van der Waals surface area contributed by atoms with Crippen LogP contribution in [0.5, 0.6) is 0 Å². The molecular formula is C21H28N4O3. The second-order valence-corrected chi connectivity index (χ2v) is 8.13. The van der Waals surface area contributed by atoms with E-state index >= 15 is 0 Å². The summed E-state index contributed by atoms with van der Waals surface area (Å²) in [5.74, 6) is -0.173. The first kappa shape index (κ1) is 20.1. The molecule has 28 heavy (non-hydrogen) atoms. The number of morpholine rings is 1. The molecule has 1 saturated heterocycles. The summed E-state index contributed by atoms with van der Waals surface area (Å²) < 4.78 is 7.24. The Bertz CT molecular complexity index is 788. The van der Waals surface area contributed by atoms with Crippen LogP contribution >= 0.6 is 0 Å². The Hall–Kier alpha value is -2.67. The predicted molar refractivity (Wildman–Crippen MR) is 106 cm³/mol. The Balaban J connectivity index is 1.66. The number of ether oxygens (including phenoxy) is 1. The van der Waals surface area contributed by atoms with Crippen molar-refractivity contribution in [3.8, 4) is 0 Å². The molecule has 2 aromatic rings. The number of rotatable bonds is 5. The van der Waals surface area contributed by atoms with Gasteiger partial charge in [0.05, 0.1) is 25.6 Å². The molecule has 0 aliphatic carbocycles. The zero-order valence-electron chi connectivity index (χ0n) is 16.7. The maximum absolute atomic E-state index is 12.8. The van der Waals surface area contributed by atoms with Gasteiger partial charge in [0.15, 0.2) is 0 Å². The van der Waals surface area contributed by atoms with Crippen LogP contribution in [0, 0.1) is 5.41 Å². The molecule has 1 aliphatic heterocycles. The fraction of sp³-hybridized carbons (Fsp3) is 0.476. The molecule has 0 spiro atoms. The quantitative estimate of drug-likeness (QED) is 0.857. The van der Waals surface area contributed by atoms with Gasteiger partial charge in [0.2, 0.25) is 0 Å². The van der Waals surface area contributed by atoms with Gasteiger partial charge in [0, 0.05) is 43.2 Å². The fourth-order valence-electron chi connectivity index (χ4n) is 3.10. The summed E-state index contributed by atoms with van der Waals surface area (Å²) in [5.41, 5.74) is 1.01. The Morgan fingerprint density at radius 3 is 2.36 bits per heavy atom. The lowest BCUT2D eigenvalue weighted by Gasteiger charge is -2.32. The first-order valence-electron chi connectivity index (χ1n) is 9.58. The van der Waals surface area contributed by atoms with E-state index in [0.717, 1.165) is 0 Å². The number of amides is 2. The van der Waals surface area contributed by atoms with Gasteiger partial charge >= 0.3 is 0 Å². The summed E-state index contributed by atoms with van der Waals surface area (Å²) in [6.45, 7) is 9.26. The van der Waals surface area contributed by atoms with Crippen molar-refractivity contribution < 1.29 is 14.3 Å². The zero-order valence-corrected chi connectivity index (χ0v) is 16.7. The molecule has 0 bridgehead atoms. The van der Waals surface area contributed by atoms with Crippen LogP contribution in [0.4, 0.5) is 0 Å². The highest BCUT2D eigenvalue weighted by Gasteiger charge is 2.27. The maximum atomic E-state index is 12.8. The van der Waals surface area contributed by atoms with Gasteiger partial charge in [-0.25, -0.2) is 4.98 Å². The highest BCUT2D eigenvalue weighted by Crippen LogP contribution is 2.21. The predicted octanol–water partition coefficient (Wildman–Crippen LogP) is 2.20. The molecule has 1 N–H and O–H groups in total. The van der Waals surface area contributed by atoms with Crippen LogP contribution in [0.3, 0.4) is 0 Å². The molecule has 0 unspecified atom stereocenters. The van der Waals surface area contributed by atoms with Crippen molar-refractivity contribution in [1.82, 2.24) is 19.8 Å². The number of hydrogen-bond donors (Lipinski definition) is 1. The largest absolute Gasteiger partial charge is 0.378 e. The Labute approximate surface area is 165 Å². The van der Waals surface area contributed by atoms with E-state index in [9.17, 15) is 9.59 Å². The summed E-state index contributed by atoms with van der Waals surface area (Å²) in [4.78, 5) is 31.1. The standard InChI is InChI=1S/C21H28N4O3/c1-21(2,3)18(14-24-9-8-22-15-24)23-19(26)16-4-6-17(7-5-16)20(27)25-10-12-28-13-11-25/h4-9,15,18H,10-14H2,1-3H3,(H,23,26)/t18-/m1/s1. The third-order valence-electron chi connectivity index (χ3n) is 5.00. The van der Waals surface area contributed by atoms with E-state index in [4.69, 9.17) is 4.74 Å². The molecule has 1 fully saturated rings. The van der Waals surface area contributed by atoms with Crippen LogP contribution in [0.25, 0.3) is 0 Å². The molecule has 3 rings (SSSR count). The molecule has 2 heterocycles. The van der Waals surface area contributed by atoms with Gasteiger partial charge in [-0.05, 0) is 29.7 Å². The first-order chi connectivity index (χ1) is 13.3. The molecule has 1 aliphatic rings. The van der Waals surface area contributed by atoms with Crippen LogP contribution in [-0.4, -0.2) is 58.6 Å². The highest BCUT2D eigenvalue weighted by molar-refractivity contribution is 5.98. The minimum Gasteiger partial charge on any atom is -0.378 e. The van der Waals surface area contributed by atoms with E-state index in [0.29, 0.717) is 44.0 Å². The van der Waals surface area contributed by atoms with Gasteiger partial charge < -0.3 is 19.5 Å². The number of nitrogens with zero attached hydrogens (tertiary/aromatic N) is 3. The molecule has 0 saturated carbocycles. The molecule has 1 aromatic carbocycles. The van der Waals surface area contributed by atoms with Gasteiger partial charge in [-0.1, -0.05) is 20.8 Å². The number of carbonyl (C=O) groups is 2. The third-order valence-corrected chi connectivity index (χ3v) is 5.00.